The third-order valence-electron chi connectivity index (χ3n) is 2.86. The molecule has 0 bridgehead atoms. The number of nitrogens with one attached hydrogen (secondary N) is 1. The van der Waals surface area contributed by atoms with Crippen LogP contribution >= 0.6 is 15.9 Å². The van der Waals surface area contributed by atoms with E-state index in [2.05, 4.69) is 37.4 Å². The second-order valence-corrected chi connectivity index (χ2v) is 5.12. The van der Waals surface area contributed by atoms with Crippen molar-refractivity contribution in [2.75, 3.05) is 5.32 Å². The minimum atomic E-state index is 0.683. The van der Waals surface area contributed by atoms with Gasteiger partial charge >= 0.3 is 0 Å². The lowest BCUT2D eigenvalue weighted by Gasteiger charge is -2.08. The Balaban J connectivity index is 1.73. The molecule has 0 aliphatic heterocycles. The third kappa shape index (κ3) is 3.05. The summed E-state index contributed by atoms with van der Waals surface area (Å²) < 4.78 is 2.69. The van der Waals surface area contributed by atoms with E-state index in [1.54, 1.807) is 6.20 Å². The van der Waals surface area contributed by atoms with Crippen LogP contribution in [0, 0.1) is 0 Å². The molecule has 0 radical (unpaired) electrons. The first-order valence-electron chi connectivity index (χ1n) is 6.27. The normalized spacial score (nSPS) is 10.4. The molecule has 4 nitrogen and oxygen atoms in total. The number of nitrogens with zero attached hydrogens (tertiary/aromatic N) is 3. The maximum atomic E-state index is 4.40. The third-order valence-corrected chi connectivity index (χ3v) is 3.30. The van der Waals surface area contributed by atoms with Crippen molar-refractivity contribution in [3.63, 3.8) is 0 Å². The summed E-state index contributed by atoms with van der Waals surface area (Å²) in [6, 6.07) is 15.9. The van der Waals surface area contributed by atoms with Crippen LogP contribution in [0.1, 0.15) is 5.69 Å². The van der Waals surface area contributed by atoms with Crippen LogP contribution < -0.4 is 5.32 Å². The monoisotopic (exact) mass is 328 g/mol. The summed E-state index contributed by atoms with van der Waals surface area (Å²) in [7, 11) is 0. The Morgan fingerprint density at radius 3 is 2.80 bits per heavy atom. The molecule has 0 amide bonds. The Morgan fingerprint density at radius 1 is 1.10 bits per heavy atom. The van der Waals surface area contributed by atoms with Gasteiger partial charge in [-0.1, -0.05) is 12.1 Å². The highest BCUT2D eigenvalue weighted by molar-refractivity contribution is 9.10. The molecule has 100 valence electrons. The molecule has 3 rings (SSSR count). The summed E-state index contributed by atoms with van der Waals surface area (Å²) in [5.41, 5.74) is 3.06. The van der Waals surface area contributed by atoms with Gasteiger partial charge < -0.3 is 5.32 Å². The number of anilines is 1. The van der Waals surface area contributed by atoms with E-state index < -0.39 is 0 Å². The summed E-state index contributed by atoms with van der Waals surface area (Å²) in [4.78, 5) is 4.40. The lowest BCUT2D eigenvalue weighted by molar-refractivity contribution is 0.880. The van der Waals surface area contributed by atoms with Crippen molar-refractivity contribution in [3.8, 4) is 5.69 Å². The summed E-state index contributed by atoms with van der Waals surface area (Å²) in [5, 5.41) is 7.59. The lowest BCUT2D eigenvalue weighted by Crippen LogP contribution is -2.02. The smallest absolute Gasteiger partial charge is 0.106 e. The number of hydrogen-bond acceptors (Lipinski definition) is 3. The molecule has 1 aromatic carbocycles. The summed E-state index contributed by atoms with van der Waals surface area (Å²) in [6.45, 7) is 0.683. The van der Waals surface area contributed by atoms with Gasteiger partial charge in [-0.25, -0.2) is 9.67 Å². The Bertz CT molecular complexity index is 695. The molecule has 0 saturated carbocycles. The van der Waals surface area contributed by atoms with Gasteiger partial charge in [-0.3, -0.25) is 0 Å². The maximum absolute atomic E-state index is 4.40. The van der Waals surface area contributed by atoms with Crippen molar-refractivity contribution in [3.05, 3.63) is 71.2 Å². The van der Waals surface area contributed by atoms with E-state index in [1.165, 1.54) is 0 Å². The van der Waals surface area contributed by atoms with E-state index in [0.29, 0.717) is 6.54 Å². The first kappa shape index (κ1) is 12.9. The fourth-order valence-electron chi connectivity index (χ4n) is 1.92. The van der Waals surface area contributed by atoms with Crippen LogP contribution in [0.25, 0.3) is 5.69 Å². The highest BCUT2D eigenvalue weighted by atomic mass is 79.9. The molecule has 0 fully saturated rings. The minimum Gasteiger partial charge on any atom is -0.379 e. The Kier molecular flexibility index (Phi) is 3.78. The van der Waals surface area contributed by atoms with Gasteiger partial charge in [-0.05, 0) is 52.3 Å². The SMILES string of the molecule is Brc1cccc(CNc2cccc(-n3cccn3)c2)n1. The van der Waals surface area contributed by atoms with Gasteiger partial charge in [-0.2, -0.15) is 5.10 Å². The Hall–Kier alpha value is -2.14. The van der Waals surface area contributed by atoms with E-state index in [1.807, 2.05) is 53.3 Å². The molecular formula is C15H13BrN4. The first-order valence-corrected chi connectivity index (χ1v) is 7.06. The lowest BCUT2D eigenvalue weighted by atomic mass is 10.2. The first-order chi connectivity index (χ1) is 9.81. The van der Waals surface area contributed by atoms with Gasteiger partial charge in [0.25, 0.3) is 0 Å². The summed E-state index contributed by atoms with van der Waals surface area (Å²) in [5.74, 6) is 0. The quantitative estimate of drug-likeness (QED) is 0.743. The van der Waals surface area contributed by atoms with Crippen LogP contribution in [0.4, 0.5) is 5.69 Å². The molecule has 0 spiro atoms. The predicted molar refractivity (Wildman–Crippen MR) is 82.8 cm³/mol. The molecule has 0 atom stereocenters. The van der Waals surface area contributed by atoms with E-state index in [9.17, 15) is 0 Å². The summed E-state index contributed by atoms with van der Waals surface area (Å²) in [6.07, 6.45) is 3.69. The Morgan fingerprint density at radius 2 is 2.00 bits per heavy atom. The average molecular weight is 329 g/mol. The molecular weight excluding hydrogens is 316 g/mol. The summed E-state index contributed by atoms with van der Waals surface area (Å²) >= 11 is 3.38. The van der Waals surface area contributed by atoms with Crippen molar-refractivity contribution in [1.29, 1.82) is 0 Å². The second kappa shape index (κ2) is 5.88. The van der Waals surface area contributed by atoms with Crippen LogP contribution in [-0.2, 0) is 6.54 Å². The van der Waals surface area contributed by atoms with Gasteiger partial charge in [0, 0.05) is 18.1 Å². The second-order valence-electron chi connectivity index (χ2n) is 4.31. The van der Waals surface area contributed by atoms with Gasteiger partial charge in [0.1, 0.15) is 4.60 Å². The number of aromatic nitrogens is 3. The Labute approximate surface area is 125 Å². The van der Waals surface area contributed by atoms with Crippen molar-refractivity contribution < 1.29 is 0 Å². The zero-order valence-electron chi connectivity index (χ0n) is 10.7. The number of pyridine rings is 1. The zero-order chi connectivity index (χ0) is 13.8. The molecule has 2 aromatic heterocycles. The van der Waals surface area contributed by atoms with Crippen LogP contribution in [0.3, 0.4) is 0 Å². The molecule has 3 aromatic rings. The van der Waals surface area contributed by atoms with E-state index in [0.717, 1.165) is 21.7 Å². The molecule has 0 unspecified atom stereocenters. The zero-order valence-corrected chi connectivity index (χ0v) is 12.3. The van der Waals surface area contributed by atoms with Crippen molar-refractivity contribution in [2.24, 2.45) is 0 Å². The van der Waals surface area contributed by atoms with Gasteiger partial charge in [-0.15, -0.1) is 0 Å². The fourth-order valence-corrected chi connectivity index (χ4v) is 2.30. The van der Waals surface area contributed by atoms with E-state index in [-0.39, 0.29) is 0 Å². The number of benzene rings is 1. The van der Waals surface area contributed by atoms with Gasteiger partial charge in [0.15, 0.2) is 0 Å². The van der Waals surface area contributed by atoms with Crippen LogP contribution in [0.5, 0.6) is 0 Å². The molecule has 1 N–H and O–H groups in total. The topological polar surface area (TPSA) is 42.7 Å². The standard InChI is InChI=1S/C15H13BrN4/c16-15-7-2-5-13(19-15)11-17-12-4-1-6-14(10-12)20-9-3-8-18-20/h1-10,17H,11H2. The van der Waals surface area contributed by atoms with Crippen molar-refractivity contribution in [2.45, 2.75) is 6.54 Å². The largest absolute Gasteiger partial charge is 0.379 e. The van der Waals surface area contributed by atoms with E-state index >= 15 is 0 Å². The highest BCUT2D eigenvalue weighted by Crippen LogP contribution is 2.15. The average Bonchev–Trinajstić information content (AvgIpc) is 3.00. The number of halogens is 1. The molecule has 20 heavy (non-hydrogen) atoms. The molecule has 0 saturated heterocycles. The van der Waals surface area contributed by atoms with Crippen LogP contribution in [0.15, 0.2) is 65.5 Å². The van der Waals surface area contributed by atoms with Gasteiger partial charge in [0.05, 0.1) is 17.9 Å². The predicted octanol–water partition coefficient (Wildman–Crippen LogP) is 3.64. The van der Waals surface area contributed by atoms with Crippen molar-refractivity contribution >= 4 is 21.6 Å². The van der Waals surface area contributed by atoms with E-state index in [4.69, 9.17) is 0 Å². The highest BCUT2D eigenvalue weighted by Gasteiger charge is 2.00. The molecule has 0 aliphatic carbocycles. The van der Waals surface area contributed by atoms with Gasteiger partial charge in [0.2, 0.25) is 0 Å². The van der Waals surface area contributed by atoms with Crippen LogP contribution in [-0.4, -0.2) is 14.8 Å². The fraction of sp³-hybridized carbons (Fsp3) is 0.0667. The number of hydrogen-bond donors (Lipinski definition) is 1. The van der Waals surface area contributed by atoms with Crippen molar-refractivity contribution in [1.82, 2.24) is 14.8 Å². The van der Waals surface area contributed by atoms with Crippen LogP contribution in [0.2, 0.25) is 0 Å². The molecule has 5 heteroatoms. The molecule has 0 aliphatic rings. The molecule has 2 heterocycles. The minimum absolute atomic E-state index is 0.683. The number of rotatable bonds is 4. The maximum Gasteiger partial charge on any atom is 0.106 e.